The van der Waals surface area contributed by atoms with Gasteiger partial charge in [-0.05, 0) is 65.4 Å². The number of pyridine rings is 1. The summed E-state index contributed by atoms with van der Waals surface area (Å²) in [6.07, 6.45) is 0.867. The fourth-order valence-corrected chi connectivity index (χ4v) is 4.06. The highest BCUT2D eigenvalue weighted by atomic mass is 19.1. The van der Waals surface area contributed by atoms with E-state index in [4.69, 9.17) is 9.47 Å². The van der Waals surface area contributed by atoms with E-state index in [1.807, 2.05) is 24.3 Å². The Balaban J connectivity index is 1.47. The predicted octanol–water partition coefficient (Wildman–Crippen LogP) is 5.19. The van der Waals surface area contributed by atoms with E-state index in [0.29, 0.717) is 17.1 Å². The number of halogens is 1. The van der Waals surface area contributed by atoms with E-state index in [2.05, 4.69) is 17.2 Å². The van der Waals surface area contributed by atoms with Crippen molar-refractivity contribution in [1.82, 2.24) is 9.88 Å². The van der Waals surface area contributed by atoms with Crippen molar-refractivity contribution in [2.75, 3.05) is 12.1 Å². The summed E-state index contributed by atoms with van der Waals surface area (Å²) in [5.41, 5.74) is 2.86. The molecule has 1 aliphatic rings. The molecule has 5 rings (SSSR count). The number of ether oxygens (including phenoxy) is 2. The van der Waals surface area contributed by atoms with Gasteiger partial charge in [-0.2, -0.15) is 0 Å². The van der Waals surface area contributed by atoms with Gasteiger partial charge < -0.3 is 24.7 Å². The van der Waals surface area contributed by atoms with Gasteiger partial charge in [-0.3, -0.25) is 4.79 Å². The van der Waals surface area contributed by atoms with Gasteiger partial charge >= 0.3 is 6.03 Å². The molecule has 4 aromatic rings. The van der Waals surface area contributed by atoms with Crippen LogP contribution in [0.25, 0.3) is 10.9 Å². The second-order valence-electron chi connectivity index (χ2n) is 8.35. The number of H-pyrrole nitrogens is 1. The number of carbonyl (C=O) groups excluding carboxylic acids is 1. The standard InChI is InChI=1S/C27H24FN3O4/c1-2-17-7-9-22-19(11-17)13-20(26(32)29-22)15-31(27(33)30-23-6-4-3-5-21(23)28)14-18-8-10-24-25(12-18)35-16-34-24/h3-13H,2,14-16H2,1H3,(H,29,32)(H,30,33). The van der Waals surface area contributed by atoms with Gasteiger partial charge in [-0.1, -0.05) is 31.2 Å². The zero-order valence-electron chi connectivity index (χ0n) is 19.1. The normalized spacial score (nSPS) is 12.1. The molecule has 2 amide bonds. The first-order valence-corrected chi connectivity index (χ1v) is 11.3. The molecule has 178 valence electrons. The first kappa shape index (κ1) is 22.5. The lowest BCUT2D eigenvalue weighted by Gasteiger charge is -2.23. The summed E-state index contributed by atoms with van der Waals surface area (Å²) in [5.74, 6) is 0.681. The van der Waals surface area contributed by atoms with Crippen LogP contribution in [0.5, 0.6) is 11.5 Å². The van der Waals surface area contributed by atoms with E-state index < -0.39 is 11.8 Å². The maximum absolute atomic E-state index is 14.2. The van der Waals surface area contributed by atoms with Gasteiger partial charge in [0.25, 0.3) is 5.56 Å². The number of aryl methyl sites for hydroxylation is 1. The maximum Gasteiger partial charge on any atom is 0.322 e. The Labute approximate surface area is 201 Å². The number of hydrogen-bond donors (Lipinski definition) is 2. The summed E-state index contributed by atoms with van der Waals surface area (Å²) in [6, 6.07) is 18.5. The molecule has 0 unspecified atom stereocenters. The Bertz CT molecular complexity index is 1470. The molecule has 1 aliphatic heterocycles. The highest BCUT2D eigenvalue weighted by Gasteiger charge is 2.20. The van der Waals surface area contributed by atoms with Gasteiger partial charge in [0.15, 0.2) is 11.5 Å². The highest BCUT2D eigenvalue weighted by molar-refractivity contribution is 5.89. The largest absolute Gasteiger partial charge is 0.454 e. The second-order valence-corrected chi connectivity index (χ2v) is 8.35. The van der Waals surface area contributed by atoms with Crippen molar-refractivity contribution < 1.29 is 18.7 Å². The monoisotopic (exact) mass is 473 g/mol. The number of hydrogen-bond acceptors (Lipinski definition) is 4. The van der Waals surface area contributed by atoms with E-state index in [1.165, 1.54) is 17.0 Å². The van der Waals surface area contributed by atoms with Crippen molar-refractivity contribution >= 4 is 22.6 Å². The molecular weight excluding hydrogens is 449 g/mol. The Hall–Kier alpha value is -4.33. The first-order chi connectivity index (χ1) is 17.0. The average molecular weight is 474 g/mol. The lowest BCUT2D eigenvalue weighted by molar-refractivity contribution is 0.174. The predicted molar refractivity (Wildman–Crippen MR) is 131 cm³/mol. The minimum Gasteiger partial charge on any atom is -0.454 e. The van der Waals surface area contributed by atoms with Crippen LogP contribution in [0.2, 0.25) is 0 Å². The third kappa shape index (κ3) is 4.82. The van der Waals surface area contributed by atoms with Crippen LogP contribution in [-0.4, -0.2) is 22.7 Å². The van der Waals surface area contributed by atoms with Crippen molar-refractivity contribution in [3.05, 3.63) is 99.6 Å². The van der Waals surface area contributed by atoms with E-state index >= 15 is 0 Å². The molecule has 0 saturated heterocycles. The summed E-state index contributed by atoms with van der Waals surface area (Å²) < 4.78 is 25.0. The molecule has 0 aliphatic carbocycles. The van der Waals surface area contributed by atoms with Crippen LogP contribution < -0.4 is 20.3 Å². The summed E-state index contributed by atoms with van der Waals surface area (Å²) in [6.45, 7) is 2.40. The number of anilines is 1. The van der Waals surface area contributed by atoms with Crippen molar-refractivity contribution in [2.24, 2.45) is 0 Å². The smallest absolute Gasteiger partial charge is 0.322 e. The van der Waals surface area contributed by atoms with E-state index in [9.17, 15) is 14.0 Å². The van der Waals surface area contributed by atoms with Crippen LogP contribution in [0.3, 0.4) is 0 Å². The molecule has 0 fully saturated rings. The van der Waals surface area contributed by atoms with E-state index in [-0.39, 0.29) is 31.1 Å². The topological polar surface area (TPSA) is 83.7 Å². The van der Waals surface area contributed by atoms with Crippen LogP contribution >= 0.6 is 0 Å². The zero-order chi connectivity index (χ0) is 24.4. The third-order valence-corrected chi connectivity index (χ3v) is 5.97. The number of aromatic nitrogens is 1. The molecule has 0 spiro atoms. The molecule has 2 heterocycles. The van der Waals surface area contributed by atoms with Crippen molar-refractivity contribution in [3.63, 3.8) is 0 Å². The van der Waals surface area contributed by atoms with Crippen LogP contribution in [0.1, 0.15) is 23.6 Å². The first-order valence-electron chi connectivity index (χ1n) is 11.3. The minimum atomic E-state index is -0.542. The van der Waals surface area contributed by atoms with Crippen molar-refractivity contribution in [2.45, 2.75) is 26.4 Å². The average Bonchev–Trinajstić information content (AvgIpc) is 3.33. The molecule has 0 saturated carbocycles. The molecular formula is C27H24FN3O4. The van der Waals surface area contributed by atoms with Crippen LogP contribution in [0, 0.1) is 5.82 Å². The van der Waals surface area contributed by atoms with Crippen LogP contribution in [0.15, 0.2) is 71.5 Å². The lowest BCUT2D eigenvalue weighted by Crippen LogP contribution is -2.36. The number of nitrogens with one attached hydrogen (secondary N) is 2. The molecule has 0 bridgehead atoms. The number of benzene rings is 3. The number of aromatic amines is 1. The summed E-state index contributed by atoms with van der Waals surface area (Å²) in [5, 5.41) is 3.51. The van der Waals surface area contributed by atoms with Gasteiger partial charge in [0.2, 0.25) is 6.79 Å². The lowest BCUT2D eigenvalue weighted by atomic mass is 10.1. The van der Waals surface area contributed by atoms with E-state index in [0.717, 1.165) is 28.5 Å². The van der Waals surface area contributed by atoms with Gasteiger partial charge in [0, 0.05) is 17.6 Å². The maximum atomic E-state index is 14.2. The number of amides is 2. The van der Waals surface area contributed by atoms with Gasteiger partial charge in [-0.15, -0.1) is 0 Å². The van der Waals surface area contributed by atoms with Gasteiger partial charge in [0.1, 0.15) is 5.82 Å². The Morgan fingerprint density at radius 3 is 2.63 bits per heavy atom. The van der Waals surface area contributed by atoms with Crippen molar-refractivity contribution in [1.29, 1.82) is 0 Å². The fourth-order valence-electron chi connectivity index (χ4n) is 4.06. The quantitative estimate of drug-likeness (QED) is 0.404. The molecule has 2 N–H and O–H groups in total. The summed E-state index contributed by atoms with van der Waals surface area (Å²) in [4.78, 5) is 30.5. The minimum absolute atomic E-state index is 0.0242. The van der Waals surface area contributed by atoms with E-state index in [1.54, 1.807) is 30.3 Å². The number of urea groups is 1. The number of rotatable bonds is 6. The molecule has 3 aromatic carbocycles. The molecule has 7 nitrogen and oxygen atoms in total. The summed E-state index contributed by atoms with van der Waals surface area (Å²) in [7, 11) is 0. The Kier molecular flexibility index (Phi) is 6.10. The molecule has 0 atom stereocenters. The number of nitrogens with zero attached hydrogens (tertiary/aromatic N) is 1. The van der Waals surface area contributed by atoms with Gasteiger partial charge in [-0.25, -0.2) is 9.18 Å². The van der Waals surface area contributed by atoms with Crippen LogP contribution in [0.4, 0.5) is 14.9 Å². The third-order valence-electron chi connectivity index (χ3n) is 5.97. The number of carbonyl (C=O) groups is 1. The number of para-hydroxylation sites is 1. The number of fused-ring (bicyclic) bond motifs is 2. The molecule has 1 aromatic heterocycles. The molecule has 8 heteroatoms. The second kappa shape index (κ2) is 9.50. The SMILES string of the molecule is CCc1ccc2[nH]c(=O)c(CN(Cc3ccc4c(c3)OCO4)C(=O)Nc3ccccc3F)cc2c1. The molecule has 35 heavy (non-hydrogen) atoms. The zero-order valence-corrected chi connectivity index (χ0v) is 19.1. The fraction of sp³-hybridized carbons (Fsp3) is 0.185. The Morgan fingerprint density at radius 1 is 1.00 bits per heavy atom. The molecule has 0 radical (unpaired) electrons. The van der Waals surface area contributed by atoms with Gasteiger partial charge in [0.05, 0.1) is 12.2 Å². The highest BCUT2D eigenvalue weighted by Crippen LogP contribution is 2.33. The van der Waals surface area contributed by atoms with Crippen LogP contribution in [-0.2, 0) is 19.5 Å². The van der Waals surface area contributed by atoms with Crippen molar-refractivity contribution in [3.8, 4) is 11.5 Å². The Morgan fingerprint density at radius 2 is 1.80 bits per heavy atom. The summed E-state index contributed by atoms with van der Waals surface area (Å²) >= 11 is 0.